The molecule has 0 aromatic heterocycles. The fourth-order valence-corrected chi connectivity index (χ4v) is 3.91. The van der Waals surface area contributed by atoms with Crippen molar-refractivity contribution in [1.29, 1.82) is 0 Å². The van der Waals surface area contributed by atoms with Crippen molar-refractivity contribution in [3.63, 3.8) is 0 Å². The molecule has 0 radical (unpaired) electrons. The topological polar surface area (TPSA) is 71.0 Å². The highest BCUT2D eigenvalue weighted by Gasteiger charge is 2.47. The molecule has 8 heteroatoms. The molecule has 158 valence electrons. The largest absolute Gasteiger partial charge is 0.465 e. The number of anilines is 1. The van der Waals surface area contributed by atoms with Crippen LogP contribution in [0.4, 0.5) is 5.69 Å². The number of hydrogen-bond donors (Lipinski definition) is 1. The van der Waals surface area contributed by atoms with E-state index in [9.17, 15) is 9.59 Å². The van der Waals surface area contributed by atoms with Gasteiger partial charge >= 0.3 is 5.97 Å². The zero-order valence-electron chi connectivity index (χ0n) is 17.1. The van der Waals surface area contributed by atoms with Gasteiger partial charge in [-0.05, 0) is 56.0 Å². The Morgan fingerprint density at radius 1 is 1.27 bits per heavy atom. The minimum absolute atomic E-state index is 0.0234. The molecule has 0 aliphatic carbocycles. The van der Waals surface area contributed by atoms with Gasteiger partial charge in [0.05, 0.1) is 18.9 Å². The minimum Gasteiger partial charge on any atom is -0.465 e. The number of hydrogen-bond acceptors (Lipinski definition) is 6. The summed E-state index contributed by atoms with van der Waals surface area (Å²) in [4.78, 5) is 26.4. The summed E-state index contributed by atoms with van der Waals surface area (Å²) in [5.74, 6) is -0.574. The van der Waals surface area contributed by atoms with Crippen molar-refractivity contribution in [3.05, 3.63) is 59.1 Å². The van der Waals surface area contributed by atoms with Crippen molar-refractivity contribution in [2.75, 3.05) is 31.3 Å². The van der Waals surface area contributed by atoms with Gasteiger partial charge in [-0.2, -0.15) is 5.10 Å². The fraction of sp³-hybridized carbons (Fsp3) is 0.318. The Labute approximate surface area is 185 Å². The second-order valence-corrected chi connectivity index (χ2v) is 8.43. The number of esters is 1. The van der Waals surface area contributed by atoms with Crippen LogP contribution in [-0.4, -0.2) is 48.5 Å². The third-order valence-corrected chi connectivity index (χ3v) is 5.76. The Bertz CT molecular complexity index is 964. The van der Waals surface area contributed by atoms with Gasteiger partial charge in [-0.25, -0.2) is 0 Å². The van der Waals surface area contributed by atoms with Crippen LogP contribution in [0.15, 0.2) is 58.5 Å². The van der Waals surface area contributed by atoms with Gasteiger partial charge in [0.25, 0.3) is 0 Å². The van der Waals surface area contributed by atoms with E-state index in [0.717, 1.165) is 16.1 Å². The van der Waals surface area contributed by atoms with E-state index in [1.807, 2.05) is 42.7 Å². The Hall–Kier alpha value is -2.51. The molecule has 3 rings (SSSR count). The van der Waals surface area contributed by atoms with Crippen molar-refractivity contribution in [1.82, 2.24) is 5.01 Å². The van der Waals surface area contributed by atoms with Crippen molar-refractivity contribution in [3.8, 4) is 0 Å². The average molecular weight is 446 g/mol. The van der Waals surface area contributed by atoms with Gasteiger partial charge in [0, 0.05) is 15.6 Å². The number of halogens is 1. The number of rotatable bonds is 7. The molecule has 2 aromatic carbocycles. The van der Waals surface area contributed by atoms with Gasteiger partial charge in [0.2, 0.25) is 5.91 Å². The summed E-state index contributed by atoms with van der Waals surface area (Å²) in [6, 6.07) is 14.8. The quantitative estimate of drug-likeness (QED) is 0.508. The summed E-state index contributed by atoms with van der Waals surface area (Å²) in [5.41, 5.74) is 1.07. The van der Waals surface area contributed by atoms with Crippen LogP contribution >= 0.6 is 23.4 Å². The summed E-state index contributed by atoms with van der Waals surface area (Å²) in [6.07, 6.45) is 1.98. The van der Waals surface area contributed by atoms with Crippen LogP contribution in [-0.2, 0) is 14.3 Å². The van der Waals surface area contributed by atoms with Crippen molar-refractivity contribution >= 4 is 46.6 Å². The molecule has 0 saturated carbocycles. The molecular weight excluding hydrogens is 422 g/mol. The van der Waals surface area contributed by atoms with E-state index in [-0.39, 0.29) is 31.6 Å². The second kappa shape index (κ2) is 9.53. The zero-order chi connectivity index (χ0) is 21.7. The molecule has 0 bridgehead atoms. The number of carbonyl (C=O) groups is 2. The van der Waals surface area contributed by atoms with Crippen molar-refractivity contribution in [2.24, 2.45) is 10.5 Å². The lowest BCUT2D eigenvalue weighted by atomic mass is 9.82. The minimum atomic E-state index is -0.983. The lowest BCUT2D eigenvalue weighted by Crippen LogP contribution is -2.41. The Morgan fingerprint density at radius 2 is 2.00 bits per heavy atom. The first-order valence-electron chi connectivity index (χ1n) is 9.57. The molecule has 1 unspecified atom stereocenters. The molecular formula is C22H24ClN3O3S. The van der Waals surface area contributed by atoms with E-state index in [1.165, 1.54) is 0 Å². The van der Waals surface area contributed by atoms with Crippen molar-refractivity contribution in [2.45, 2.75) is 18.7 Å². The highest BCUT2D eigenvalue weighted by Crippen LogP contribution is 2.33. The average Bonchev–Trinajstić information content (AvgIpc) is 3.06. The molecule has 1 atom stereocenters. The Balaban J connectivity index is 1.80. The maximum Gasteiger partial charge on any atom is 0.319 e. The van der Waals surface area contributed by atoms with Crippen LogP contribution in [0, 0.1) is 5.41 Å². The predicted octanol–water partition coefficient (Wildman–Crippen LogP) is 4.29. The van der Waals surface area contributed by atoms with Crippen LogP contribution in [0.5, 0.6) is 0 Å². The Kier molecular flexibility index (Phi) is 7.05. The molecule has 0 saturated heterocycles. The normalized spacial score (nSPS) is 18.1. The lowest BCUT2D eigenvalue weighted by Gasteiger charge is -2.24. The first-order valence-corrected chi connectivity index (χ1v) is 11.2. The van der Waals surface area contributed by atoms with E-state index in [1.54, 1.807) is 42.8 Å². The summed E-state index contributed by atoms with van der Waals surface area (Å²) in [5, 5.41) is 9.69. The second-order valence-electron chi connectivity index (χ2n) is 7.11. The number of hydrazone groups is 1. The van der Waals surface area contributed by atoms with E-state index in [4.69, 9.17) is 16.3 Å². The number of nitrogens with one attached hydrogen (secondary N) is 1. The van der Waals surface area contributed by atoms with Gasteiger partial charge in [0.1, 0.15) is 12.0 Å². The summed E-state index contributed by atoms with van der Waals surface area (Å²) in [7, 11) is 0. The number of carbonyl (C=O) groups excluding carboxylic acids is 2. The standard InChI is InChI=1S/C22H24ClN3O3S/c1-4-29-21(28)22(2)14-26(25-20(22)15-8-10-16(23)11-9-15)13-19(27)24-17-6-5-7-18(12-17)30-3/h5-12H,4,13-14H2,1-3H3,(H,24,27). The summed E-state index contributed by atoms with van der Waals surface area (Å²) >= 11 is 7.61. The predicted molar refractivity (Wildman–Crippen MR) is 121 cm³/mol. The smallest absolute Gasteiger partial charge is 0.319 e. The molecule has 1 heterocycles. The van der Waals surface area contributed by atoms with E-state index in [2.05, 4.69) is 10.4 Å². The summed E-state index contributed by atoms with van der Waals surface area (Å²) in [6.45, 7) is 4.10. The number of amides is 1. The molecule has 1 aliphatic rings. The van der Waals surface area contributed by atoms with Crippen LogP contribution in [0.25, 0.3) is 0 Å². The molecule has 0 spiro atoms. The van der Waals surface area contributed by atoms with E-state index < -0.39 is 5.41 Å². The maximum atomic E-state index is 12.8. The van der Waals surface area contributed by atoms with Crippen LogP contribution in [0.1, 0.15) is 19.4 Å². The van der Waals surface area contributed by atoms with Crippen LogP contribution in [0.3, 0.4) is 0 Å². The van der Waals surface area contributed by atoms with Crippen LogP contribution in [0.2, 0.25) is 5.02 Å². The highest BCUT2D eigenvalue weighted by atomic mass is 35.5. The fourth-order valence-electron chi connectivity index (χ4n) is 3.32. The monoisotopic (exact) mass is 445 g/mol. The third kappa shape index (κ3) is 4.96. The van der Waals surface area contributed by atoms with Gasteiger partial charge in [-0.15, -0.1) is 11.8 Å². The van der Waals surface area contributed by atoms with Gasteiger partial charge in [-0.3, -0.25) is 14.6 Å². The number of benzene rings is 2. The summed E-state index contributed by atoms with van der Waals surface area (Å²) < 4.78 is 5.30. The van der Waals surface area contributed by atoms with Gasteiger partial charge in [-0.1, -0.05) is 29.8 Å². The molecule has 2 aromatic rings. The first-order chi connectivity index (χ1) is 14.4. The molecule has 1 aliphatic heterocycles. The molecule has 0 fully saturated rings. The third-order valence-electron chi connectivity index (χ3n) is 4.79. The lowest BCUT2D eigenvalue weighted by molar-refractivity contribution is -0.150. The number of ether oxygens (including phenoxy) is 1. The number of nitrogens with zero attached hydrogens (tertiary/aromatic N) is 2. The SMILES string of the molecule is CCOC(=O)C1(C)CN(CC(=O)Nc2cccc(SC)c2)N=C1c1ccc(Cl)cc1. The molecule has 1 N–H and O–H groups in total. The molecule has 6 nitrogen and oxygen atoms in total. The molecule has 30 heavy (non-hydrogen) atoms. The zero-order valence-corrected chi connectivity index (χ0v) is 18.7. The van der Waals surface area contributed by atoms with Gasteiger partial charge in [0.15, 0.2) is 0 Å². The highest BCUT2D eigenvalue weighted by molar-refractivity contribution is 7.98. The van der Waals surface area contributed by atoms with E-state index >= 15 is 0 Å². The maximum absolute atomic E-state index is 12.8. The van der Waals surface area contributed by atoms with Crippen molar-refractivity contribution < 1.29 is 14.3 Å². The number of thioether (sulfide) groups is 1. The molecule has 1 amide bonds. The van der Waals surface area contributed by atoms with Crippen LogP contribution < -0.4 is 5.32 Å². The Morgan fingerprint density at radius 3 is 2.67 bits per heavy atom. The first kappa shape index (κ1) is 22.2. The van der Waals surface area contributed by atoms with E-state index in [0.29, 0.717) is 10.7 Å². The van der Waals surface area contributed by atoms with Gasteiger partial charge < -0.3 is 10.1 Å².